The van der Waals surface area contributed by atoms with E-state index in [1.807, 2.05) is 13.8 Å². The van der Waals surface area contributed by atoms with E-state index in [0.29, 0.717) is 34.7 Å². The van der Waals surface area contributed by atoms with Gasteiger partial charge in [-0.05, 0) is 18.9 Å². The van der Waals surface area contributed by atoms with E-state index in [1.54, 1.807) is 19.2 Å². The highest BCUT2D eigenvalue weighted by atomic mass is 16.5. The highest BCUT2D eigenvalue weighted by Gasteiger charge is 2.46. The second-order valence-corrected chi connectivity index (χ2v) is 7.14. The third-order valence-electron chi connectivity index (χ3n) is 5.19. The molecule has 7 heteroatoms. The van der Waals surface area contributed by atoms with Crippen LogP contribution in [0.2, 0.25) is 0 Å². The van der Waals surface area contributed by atoms with Crippen LogP contribution in [-0.4, -0.2) is 31.0 Å². The molecule has 3 rings (SSSR count). The molecule has 2 aromatic rings. The van der Waals surface area contributed by atoms with Crippen LogP contribution < -0.4 is 4.74 Å². The monoisotopic (exact) mass is 370 g/mol. The van der Waals surface area contributed by atoms with Gasteiger partial charge < -0.3 is 13.9 Å². The fourth-order valence-corrected chi connectivity index (χ4v) is 3.63. The van der Waals surface area contributed by atoms with Crippen LogP contribution in [0.3, 0.4) is 0 Å². The first-order valence-electron chi connectivity index (χ1n) is 8.86. The van der Waals surface area contributed by atoms with Crippen LogP contribution in [0, 0.1) is 17.2 Å². The predicted molar refractivity (Wildman–Crippen MR) is 96.3 cm³/mol. The zero-order chi connectivity index (χ0) is 19.8. The van der Waals surface area contributed by atoms with E-state index in [0.717, 1.165) is 0 Å². The summed E-state index contributed by atoms with van der Waals surface area (Å²) in [6, 6.07) is 5.86. The maximum absolute atomic E-state index is 12.2. The number of oxazole rings is 1. The number of rotatable bonds is 4. The molecule has 1 aromatic heterocycles. The Kier molecular flexibility index (Phi) is 4.92. The standard InChI is InChI=1S/C20H22N2O5/c1-11(2)18-22-16-13(5-6-15(25-3)17(16)27-18)20(10-21)8-7-14(23)12(9-20)19(24)26-4/h5-6,11-12H,7-9H2,1-4H3. The van der Waals surface area contributed by atoms with E-state index in [4.69, 9.17) is 13.9 Å². The first kappa shape index (κ1) is 18.9. The van der Waals surface area contributed by atoms with Gasteiger partial charge in [-0.25, -0.2) is 4.98 Å². The Morgan fingerprint density at radius 3 is 2.74 bits per heavy atom. The zero-order valence-corrected chi connectivity index (χ0v) is 15.9. The van der Waals surface area contributed by atoms with Gasteiger partial charge in [0.1, 0.15) is 17.2 Å². The van der Waals surface area contributed by atoms with E-state index in [2.05, 4.69) is 11.1 Å². The van der Waals surface area contributed by atoms with Crippen molar-refractivity contribution >= 4 is 22.9 Å². The second kappa shape index (κ2) is 7.03. The summed E-state index contributed by atoms with van der Waals surface area (Å²) in [5.74, 6) is -0.619. The quantitative estimate of drug-likeness (QED) is 0.601. The molecule has 1 saturated carbocycles. The van der Waals surface area contributed by atoms with E-state index in [9.17, 15) is 14.9 Å². The molecule has 1 aliphatic carbocycles. The minimum Gasteiger partial charge on any atom is -0.493 e. The number of carbonyl (C=O) groups excluding carboxylic acids is 2. The zero-order valence-electron chi connectivity index (χ0n) is 15.9. The van der Waals surface area contributed by atoms with Crippen LogP contribution >= 0.6 is 0 Å². The number of nitriles is 1. The van der Waals surface area contributed by atoms with Gasteiger partial charge in [0.2, 0.25) is 0 Å². The number of hydrogen-bond donors (Lipinski definition) is 0. The third-order valence-corrected chi connectivity index (χ3v) is 5.19. The molecule has 2 unspecified atom stereocenters. The lowest BCUT2D eigenvalue weighted by Gasteiger charge is -2.34. The van der Waals surface area contributed by atoms with Gasteiger partial charge >= 0.3 is 5.97 Å². The van der Waals surface area contributed by atoms with Gasteiger partial charge in [0.15, 0.2) is 17.2 Å². The van der Waals surface area contributed by atoms with Gasteiger partial charge in [0.25, 0.3) is 0 Å². The predicted octanol–water partition coefficient (Wildman–Crippen LogP) is 3.26. The number of ketones is 1. The fraction of sp³-hybridized carbons (Fsp3) is 0.500. The largest absolute Gasteiger partial charge is 0.493 e. The molecule has 7 nitrogen and oxygen atoms in total. The molecule has 0 saturated heterocycles. The Bertz CT molecular complexity index is 932. The van der Waals surface area contributed by atoms with Crippen molar-refractivity contribution in [3.05, 3.63) is 23.6 Å². The van der Waals surface area contributed by atoms with Crippen LogP contribution in [-0.2, 0) is 19.7 Å². The van der Waals surface area contributed by atoms with Crippen LogP contribution in [0.15, 0.2) is 16.5 Å². The number of benzene rings is 1. The lowest BCUT2D eigenvalue weighted by Crippen LogP contribution is -2.40. The molecule has 1 fully saturated rings. The SMILES string of the molecule is COC(=O)C1CC(C#N)(c2ccc(OC)c3oc(C(C)C)nc23)CCC1=O. The summed E-state index contributed by atoms with van der Waals surface area (Å²) in [5.41, 5.74) is 0.637. The molecule has 2 atom stereocenters. The van der Waals surface area contributed by atoms with Crippen molar-refractivity contribution < 1.29 is 23.5 Å². The molecule has 0 N–H and O–H groups in total. The average molecular weight is 370 g/mol. The van der Waals surface area contributed by atoms with Gasteiger partial charge in [-0.1, -0.05) is 19.9 Å². The highest BCUT2D eigenvalue weighted by Crippen LogP contribution is 2.45. The summed E-state index contributed by atoms with van der Waals surface area (Å²) in [5, 5.41) is 10.1. The molecule has 1 aliphatic rings. The number of hydrogen-bond acceptors (Lipinski definition) is 7. The molecule has 1 aromatic carbocycles. The lowest BCUT2D eigenvalue weighted by molar-refractivity contribution is -0.151. The third kappa shape index (κ3) is 3.05. The topological polar surface area (TPSA) is 102 Å². The van der Waals surface area contributed by atoms with Crippen LogP contribution in [0.1, 0.15) is 50.5 Å². The van der Waals surface area contributed by atoms with E-state index >= 15 is 0 Å². The van der Waals surface area contributed by atoms with Gasteiger partial charge in [0, 0.05) is 17.9 Å². The van der Waals surface area contributed by atoms with Crippen molar-refractivity contribution in [1.29, 1.82) is 5.26 Å². The molecule has 0 aliphatic heterocycles. The molecule has 1 heterocycles. The molecule has 0 radical (unpaired) electrons. The second-order valence-electron chi connectivity index (χ2n) is 7.14. The Morgan fingerprint density at radius 2 is 2.15 bits per heavy atom. The highest BCUT2D eigenvalue weighted by molar-refractivity contribution is 6.00. The summed E-state index contributed by atoms with van der Waals surface area (Å²) in [4.78, 5) is 28.9. The number of ether oxygens (including phenoxy) is 2. The van der Waals surface area contributed by atoms with Crippen LogP contribution in [0.4, 0.5) is 0 Å². The molecule has 142 valence electrons. The van der Waals surface area contributed by atoms with Gasteiger partial charge in [0.05, 0.1) is 25.7 Å². The van der Waals surface area contributed by atoms with Crippen molar-refractivity contribution in [2.45, 2.75) is 44.4 Å². The molecular formula is C20H22N2O5. The summed E-state index contributed by atoms with van der Waals surface area (Å²) in [6.45, 7) is 3.92. The number of Topliss-reactive ketones (excluding diaryl/α,β-unsaturated/α-hetero) is 1. The Hall–Kier alpha value is -2.88. The van der Waals surface area contributed by atoms with Crippen LogP contribution in [0.25, 0.3) is 11.1 Å². The summed E-state index contributed by atoms with van der Waals surface area (Å²) in [6.07, 6.45) is 0.525. The summed E-state index contributed by atoms with van der Waals surface area (Å²) >= 11 is 0. The van der Waals surface area contributed by atoms with E-state index < -0.39 is 17.3 Å². The van der Waals surface area contributed by atoms with Gasteiger partial charge in [-0.15, -0.1) is 0 Å². The first-order chi connectivity index (χ1) is 12.9. The van der Waals surface area contributed by atoms with Crippen LogP contribution in [0.5, 0.6) is 5.75 Å². The lowest BCUT2D eigenvalue weighted by atomic mass is 9.66. The van der Waals surface area contributed by atoms with Crippen molar-refractivity contribution in [2.75, 3.05) is 14.2 Å². The van der Waals surface area contributed by atoms with Gasteiger partial charge in [-0.3, -0.25) is 9.59 Å². The fourth-order valence-electron chi connectivity index (χ4n) is 3.63. The Labute approximate surface area is 157 Å². The minimum absolute atomic E-state index is 0.0590. The number of carbonyl (C=O) groups is 2. The van der Waals surface area contributed by atoms with Gasteiger partial charge in [-0.2, -0.15) is 5.26 Å². The molecular weight excluding hydrogens is 348 g/mol. The number of aromatic nitrogens is 1. The maximum atomic E-state index is 12.2. The minimum atomic E-state index is -1.03. The number of esters is 1. The maximum Gasteiger partial charge on any atom is 0.316 e. The molecule has 27 heavy (non-hydrogen) atoms. The number of methoxy groups -OCH3 is 2. The molecule has 0 spiro atoms. The van der Waals surface area contributed by atoms with Crippen molar-refractivity contribution in [1.82, 2.24) is 4.98 Å². The smallest absolute Gasteiger partial charge is 0.316 e. The van der Waals surface area contributed by atoms with Crippen molar-refractivity contribution in [3.8, 4) is 11.8 Å². The Morgan fingerprint density at radius 1 is 1.41 bits per heavy atom. The van der Waals surface area contributed by atoms with Crippen molar-refractivity contribution in [3.63, 3.8) is 0 Å². The molecule has 0 amide bonds. The van der Waals surface area contributed by atoms with Crippen molar-refractivity contribution in [2.24, 2.45) is 5.92 Å². The van der Waals surface area contributed by atoms with E-state index in [-0.39, 0.29) is 24.5 Å². The summed E-state index contributed by atoms with van der Waals surface area (Å²) < 4.78 is 16.0. The van der Waals surface area contributed by atoms with E-state index in [1.165, 1.54) is 7.11 Å². The first-order valence-corrected chi connectivity index (χ1v) is 8.86. The number of nitrogens with zero attached hydrogens (tertiary/aromatic N) is 2. The Balaban J connectivity index is 2.18. The summed E-state index contributed by atoms with van der Waals surface area (Å²) in [7, 11) is 2.79. The normalized spacial score (nSPS) is 22.7. The number of fused-ring (bicyclic) bond motifs is 1. The average Bonchev–Trinajstić information content (AvgIpc) is 3.13. The molecule has 0 bridgehead atoms.